The average Bonchev–Trinajstić information content (AvgIpc) is 2.56. The summed E-state index contributed by atoms with van der Waals surface area (Å²) in [6, 6.07) is 10.9. The number of carbonyl (C=O) groups excluding carboxylic acids is 2. The Morgan fingerprint density at radius 1 is 0.962 bits per heavy atom. The lowest BCUT2D eigenvalue weighted by atomic mass is 9.98. The lowest BCUT2D eigenvalue weighted by Gasteiger charge is -2.16. The van der Waals surface area contributed by atoms with Crippen molar-refractivity contribution in [3.05, 3.63) is 53.6 Å². The summed E-state index contributed by atoms with van der Waals surface area (Å²) in [7, 11) is -3.81. The normalized spacial score (nSPS) is 11.3. The largest absolute Gasteiger partial charge is 0.318 e. The minimum Gasteiger partial charge on any atom is -0.318 e. The van der Waals surface area contributed by atoms with Crippen LogP contribution < -0.4 is 15.8 Å². The zero-order chi connectivity index (χ0) is 19.5. The van der Waals surface area contributed by atoms with Crippen LogP contribution in [-0.4, -0.2) is 20.2 Å². The summed E-state index contributed by atoms with van der Waals surface area (Å²) in [5.74, 6) is -1.48. The molecule has 0 saturated carbocycles. The third-order valence-corrected chi connectivity index (χ3v) is 4.74. The van der Waals surface area contributed by atoms with Gasteiger partial charge in [-0.3, -0.25) is 9.59 Å². The number of rotatable bonds is 4. The van der Waals surface area contributed by atoms with Crippen molar-refractivity contribution in [1.29, 1.82) is 0 Å². The van der Waals surface area contributed by atoms with E-state index in [-0.39, 0.29) is 16.5 Å². The Hall–Kier alpha value is -2.71. The number of anilines is 2. The quantitative estimate of drug-likeness (QED) is 0.711. The van der Waals surface area contributed by atoms with Gasteiger partial charge in [0.15, 0.2) is 0 Å². The summed E-state index contributed by atoms with van der Waals surface area (Å²) < 4.78 is 22.4. The highest BCUT2D eigenvalue weighted by atomic mass is 32.2. The van der Waals surface area contributed by atoms with Gasteiger partial charge in [0.05, 0.1) is 4.90 Å². The van der Waals surface area contributed by atoms with Gasteiger partial charge in [-0.2, -0.15) is 0 Å². The second-order valence-corrected chi connectivity index (χ2v) is 7.73. The van der Waals surface area contributed by atoms with Crippen molar-refractivity contribution >= 4 is 33.2 Å². The first-order chi connectivity index (χ1) is 12.1. The van der Waals surface area contributed by atoms with Gasteiger partial charge >= 0.3 is 11.8 Å². The number of nitrogens with one attached hydrogen (secondary N) is 2. The number of amides is 2. The molecule has 0 aliphatic carbocycles. The van der Waals surface area contributed by atoms with Gasteiger partial charge in [0.2, 0.25) is 10.0 Å². The van der Waals surface area contributed by atoms with Crippen molar-refractivity contribution in [3.63, 3.8) is 0 Å². The molecule has 26 heavy (non-hydrogen) atoms. The van der Waals surface area contributed by atoms with E-state index < -0.39 is 21.8 Å². The zero-order valence-corrected chi connectivity index (χ0v) is 15.6. The number of aryl methyl sites for hydroxylation is 1. The van der Waals surface area contributed by atoms with E-state index in [1.54, 1.807) is 0 Å². The molecule has 0 spiro atoms. The van der Waals surface area contributed by atoms with Crippen LogP contribution in [0, 0.1) is 6.92 Å². The molecule has 0 radical (unpaired) electrons. The predicted octanol–water partition coefficient (Wildman–Crippen LogP) is 2.34. The first-order valence-electron chi connectivity index (χ1n) is 7.94. The predicted molar refractivity (Wildman–Crippen MR) is 100 cm³/mol. The number of primary sulfonamides is 1. The number of para-hydroxylation sites is 1. The lowest BCUT2D eigenvalue weighted by molar-refractivity contribution is -0.133. The standard InChI is InChI=1S/C18H21N3O4S/c1-11(2)15-6-4-5-12(3)16(15)21-18(23)17(22)20-13-7-9-14(10-8-13)26(19,24)25/h4-11H,1-3H3,(H,20,22)(H,21,23)(H2,19,24,25). The van der Waals surface area contributed by atoms with E-state index in [0.717, 1.165) is 11.1 Å². The third-order valence-electron chi connectivity index (χ3n) is 3.81. The maximum absolute atomic E-state index is 12.2. The molecule has 0 unspecified atom stereocenters. The first-order valence-corrected chi connectivity index (χ1v) is 9.49. The number of benzene rings is 2. The van der Waals surface area contributed by atoms with Crippen LogP contribution in [0.1, 0.15) is 30.9 Å². The molecule has 0 saturated heterocycles. The summed E-state index contributed by atoms with van der Waals surface area (Å²) in [5, 5.41) is 10.1. The Labute approximate surface area is 152 Å². The van der Waals surface area contributed by atoms with E-state index >= 15 is 0 Å². The van der Waals surface area contributed by atoms with Crippen LogP contribution in [0.4, 0.5) is 11.4 Å². The highest BCUT2D eigenvalue weighted by molar-refractivity contribution is 7.89. The smallest absolute Gasteiger partial charge is 0.314 e. The lowest BCUT2D eigenvalue weighted by Crippen LogP contribution is -2.29. The van der Waals surface area contributed by atoms with Gasteiger partial charge in [0, 0.05) is 11.4 Å². The fourth-order valence-corrected chi connectivity index (χ4v) is 2.94. The number of hydrogen-bond acceptors (Lipinski definition) is 4. The molecule has 0 aliphatic heterocycles. The van der Waals surface area contributed by atoms with Crippen molar-refractivity contribution in [2.45, 2.75) is 31.6 Å². The molecular weight excluding hydrogens is 354 g/mol. The average molecular weight is 375 g/mol. The maximum Gasteiger partial charge on any atom is 0.314 e. The molecule has 0 aromatic heterocycles. The minimum absolute atomic E-state index is 0.0820. The Kier molecular flexibility index (Phi) is 5.79. The van der Waals surface area contributed by atoms with E-state index in [2.05, 4.69) is 10.6 Å². The fraction of sp³-hybridized carbons (Fsp3) is 0.222. The summed E-state index contributed by atoms with van der Waals surface area (Å²) >= 11 is 0. The molecule has 4 N–H and O–H groups in total. The number of nitrogens with two attached hydrogens (primary N) is 1. The molecule has 2 aromatic carbocycles. The van der Waals surface area contributed by atoms with Gasteiger partial charge in [-0.05, 0) is 48.2 Å². The molecule has 0 aliphatic rings. The SMILES string of the molecule is Cc1cccc(C(C)C)c1NC(=O)C(=O)Nc1ccc(S(N)(=O)=O)cc1. The van der Waals surface area contributed by atoms with Gasteiger partial charge in [0.1, 0.15) is 0 Å². The van der Waals surface area contributed by atoms with Crippen molar-refractivity contribution in [2.24, 2.45) is 5.14 Å². The fourth-order valence-electron chi connectivity index (χ4n) is 2.43. The molecule has 7 nitrogen and oxygen atoms in total. The Bertz CT molecular complexity index is 935. The summed E-state index contributed by atoms with van der Waals surface area (Å²) in [5.41, 5.74) is 2.69. The molecule has 0 fully saturated rings. The summed E-state index contributed by atoms with van der Waals surface area (Å²) in [6.45, 7) is 5.85. The second-order valence-electron chi connectivity index (χ2n) is 6.17. The van der Waals surface area contributed by atoms with Crippen LogP contribution in [0.25, 0.3) is 0 Å². The first kappa shape index (κ1) is 19.6. The van der Waals surface area contributed by atoms with Crippen molar-refractivity contribution < 1.29 is 18.0 Å². The molecule has 0 bridgehead atoms. The van der Waals surface area contributed by atoms with Gasteiger partial charge in [-0.1, -0.05) is 32.0 Å². The molecule has 2 amide bonds. The van der Waals surface area contributed by atoms with E-state index in [1.165, 1.54) is 24.3 Å². The minimum atomic E-state index is -3.81. The van der Waals surface area contributed by atoms with Crippen LogP contribution >= 0.6 is 0 Å². The Morgan fingerprint density at radius 2 is 1.54 bits per heavy atom. The Morgan fingerprint density at radius 3 is 2.08 bits per heavy atom. The highest BCUT2D eigenvalue weighted by Gasteiger charge is 2.18. The number of hydrogen-bond donors (Lipinski definition) is 3. The van der Waals surface area contributed by atoms with Gasteiger partial charge < -0.3 is 10.6 Å². The third kappa shape index (κ3) is 4.68. The van der Waals surface area contributed by atoms with Crippen LogP contribution in [0.15, 0.2) is 47.4 Å². The van der Waals surface area contributed by atoms with Crippen molar-refractivity contribution in [1.82, 2.24) is 0 Å². The molecule has 8 heteroatoms. The van der Waals surface area contributed by atoms with Crippen LogP contribution in [0.5, 0.6) is 0 Å². The highest BCUT2D eigenvalue weighted by Crippen LogP contribution is 2.27. The maximum atomic E-state index is 12.2. The molecule has 0 atom stereocenters. The monoisotopic (exact) mass is 375 g/mol. The van der Waals surface area contributed by atoms with Gasteiger partial charge in [0.25, 0.3) is 0 Å². The van der Waals surface area contributed by atoms with Crippen molar-refractivity contribution in [2.75, 3.05) is 10.6 Å². The Balaban J connectivity index is 2.13. The summed E-state index contributed by atoms with van der Waals surface area (Å²) in [6.07, 6.45) is 0. The molecule has 2 aromatic rings. The van der Waals surface area contributed by atoms with Crippen molar-refractivity contribution in [3.8, 4) is 0 Å². The van der Waals surface area contributed by atoms with Crippen LogP contribution in [-0.2, 0) is 19.6 Å². The molecule has 0 heterocycles. The molecule has 2 rings (SSSR count). The second kappa shape index (κ2) is 7.67. The molecule has 138 valence electrons. The van der Waals surface area contributed by atoms with E-state index in [9.17, 15) is 18.0 Å². The van der Waals surface area contributed by atoms with Gasteiger partial charge in [-0.25, -0.2) is 13.6 Å². The van der Waals surface area contributed by atoms with Crippen LogP contribution in [0.2, 0.25) is 0 Å². The molecular formula is C18H21N3O4S. The number of carbonyl (C=O) groups is 2. The topological polar surface area (TPSA) is 118 Å². The van der Waals surface area contributed by atoms with E-state index in [1.807, 2.05) is 39.0 Å². The van der Waals surface area contributed by atoms with Crippen LogP contribution in [0.3, 0.4) is 0 Å². The number of sulfonamides is 1. The summed E-state index contributed by atoms with van der Waals surface area (Å²) in [4.78, 5) is 24.3. The van der Waals surface area contributed by atoms with Gasteiger partial charge in [-0.15, -0.1) is 0 Å². The van der Waals surface area contributed by atoms with E-state index in [0.29, 0.717) is 5.69 Å². The van der Waals surface area contributed by atoms with E-state index in [4.69, 9.17) is 5.14 Å². The zero-order valence-electron chi connectivity index (χ0n) is 14.7.